The van der Waals surface area contributed by atoms with Gasteiger partial charge in [-0.15, -0.1) is 0 Å². The van der Waals surface area contributed by atoms with Gasteiger partial charge in [0.1, 0.15) is 5.82 Å². The van der Waals surface area contributed by atoms with Crippen LogP contribution in [0.25, 0.3) is 22.0 Å². The number of nitrogens with one attached hydrogen (secondary N) is 1. The van der Waals surface area contributed by atoms with E-state index in [1.807, 2.05) is 43.1 Å². The van der Waals surface area contributed by atoms with Gasteiger partial charge in [0.05, 0.1) is 18.2 Å². The highest BCUT2D eigenvalue weighted by Crippen LogP contribution is 2.25. The molecular formula is C24H33N5O. The van der Waals surface area contributed by atoms with Crippen LogP contribution in [0.4, 0.5) is 5.82 Å². The Kier molecular flexibility index (Phi) is 7.21. The number of hydrogen-bond donors (Lipinski definition) is 1. The van der Waals surface area contributed by atoms with Crippen molar-refractivity contribution in [2.75, 3.05) is 25.0 Å². The lowest BCUT2D eigenvalue weighted by molar-refractivity contribution is -0.119. The minimum absolute atomic E-state index is 0.0187. The number of fused-ring (bicyclic) bond motifs is 1. The van der Waals surface area contributed by atoms with E-state index in [-0.39, 0.29) is 11.8 Å². The lowest BCUT2D eigenvalue weighted by Gasteiger charge is -2.23. The Bertz CT molecular complexity index is 994. The van der Waals surface area contributed by atoms with Gasteiger partial charge in [-0.1, -0.05) is 39.8 Å². The molecule has 0 fully saturated rings. The zero-order chi connectivity index (χ0) is 21.7. The Labute approximate surface area is 179 Å². The molecule has 160 valence electrons. The van der Waals surface area contributed by atoms with E-state index < -0.39 is 0 Å². The van der Waals surface area contributed by atoms with E-state index in [1.54, 1.807) is 6.33 Å². The molecule has 0 aliphatic carbocycles. The van der Waals surface area contributed by atoms with E-state index in [9.17, 15) is 4.79 Å². The van der Waals surface area contributed by atoms with Crippen molar-refractivity contribution in [3.05, 3.63) is 43.0 Å². The lowest BCUT2D eigenvalue weighted by Crippen LogP contribution is -2.31. The number of imidazole rings is 1. The molecule has 0 bridgehead atoms. The summed E-state index contributed by atoms with van der Waals surface area (Å²) in [5.41, 5.74) is 2.14. The number of benzene rings is 1. The van der Waals surface area contributed by atoms with Crippen LogP contribution in [0.3, 0.4) is 0 Å². The number of anilines is 1. The number of carbonyl (C=O) groups is 1. The molecule has 0 aliphatic heterocycles. The first-order chi connectivity index (χ1) is 14.4. The molecule has 6 heteroatoms. The van der Waals surface area contributed by atoms with Gasteiger partial charge in [0.2, 0.25) is 5.91 Å². The second kappa shape index (κ2) is 9.85. The Morgan fingerprint density at radius 3 is 2.63 bits per heavy atom. The average Bonchev–Trinajstić information content (AvgIpc) is 3.15. The maximum atomic E-state index is 12.7. The molecule has 1 aromatic carbocycles. The van der Waals surface area contributed by atoms with Gasteiger partial charge < -0.3 is 14.8 Å². The van der Waals surface area contributed by atoms with Crippen molar-refractivity contribution in [2.45, 2.75) is 34.1 Å². The standard InChI is InChI=1S/C24H33N5O/c1-6-29(15-17(2)3)10-9-18(4)24(30)27-23-12-21-11-19(7-8-20(21)13-26-23)22-14-25-16-28(22)5/h7-8,11-14,16-18H,6,9-10,15H2,1-5H3,(H,26,27,30). The highest BCUT2D eigenvalue weighted by molar-refractivity contribution is 5.94. The van der Waals surface area contributed by atoms with E-state index in [1.165, 1.54) is 0 Å². The molecule has 1 atom stereocenters. The van der Waals surface area contributed by atoms with E-state index >= 15 is 0 Å². The summed E-state index contributed by atoms with van der Waals surface area (Å²) in [4.78, 5) is 23.7. The third kappa shape index (κ3) is 5.45. The molecule has 2 aromatic heterocycles. The molecule has 30 heavy (non-hydrogen) atoms. The summed E-state index contributed by atoms with van der Waals surface area (Å²) in [6.45, 7) is 11.6. The maximum Gasteiger partial charge on any atom is 0.228 e. The van der Waals surface area contributed by atoms with Gasteiger partial charge in [0.25, 0.3) is 0 Å². The number of rotatable bonds is 9. The molecule has 1 amide bonds. The Morgan fingerprint density at radius 2 is 1.97 bits per heavy atom. The van der Waals surface area contributed by atoms with Crippen molar-refractivity contribution in [3.63, 3.8) is 0 Å². The molecule has 0 saturated heterocycles. The summed E-state index contributed by atoms with van der Waals surface area (Å²) in [5, 5.41) is 5.08. The molecule has 1 unspecified atom stereocenters. The predicted molar refractivity (Wildman–Crippen MR) is 123 cm³/mol. The summed E-state index contributed by atoms with van der Waals surface area (Å²) in [6, 6.07) is 8.17. The summed E-state index contributed by atoms with van der Waals surface area (Å²) < 4.78 is 1.99. The smallest absolute Gasteiger partial charge is 0.228 e. The van der Waals surface area contributed by atoms with Gasteiger partial charge in [0, 0.05) is 36.7 Å². The fourth-order valence-electron chi connectivity index (χ4n) is 3.66. The highest BCUT2D eigenvalue weighted by Gasteiger charge is 2.16. The van der Waals surface area contributed by atoms with Crippen LogP contribution in [0.15, 0.2) is 43.0 Å². The largest absolute Gasteiger partial charge is 0.334 e. The van der Waals surface area contributed by atoms with Gasteiger partial charge in [0.15, 0.2) is 0 Å². The van der Waals surface area contributed by atoms with Crippen LogP contribution >= 0.6 is 0 Å². The third-order valence-electron chi connectivity index (χ3n) is 5.48. The first-order valence-corrected chi connectivity index (χ1v) is 10.8. The van der Waals surface area contributed by atoms with Crippen LogP contribution in [0.2, 0.25) is 0 Å². The van der Waals surface area contributed by atoms with Crippen molar-refractivity contribution < 1.29 is 4.79 Å². The first-order valence-electron chi connectivity index (χ1n) is 10.8. The fourth-order valence-corrected chi connectivity index (χ4v) is 3.66. The monoisotopic (exact) mass is 407 g/mol. The topological polar surface area (TPSA) is 63.1 Å². The van der Waals surface area contributed by atoms with Crippen LogP contribution in [0, 0.1) is 11.8 Å². The Morgan fingerprint density at radius 1 is 1.17 bits per heavy atom. The molecule has 0 spiro atoms. The zero-order valence-electron chi connectivity index (χ0n) is 18.7. The molecule has 0 radical (unpaired) electrons. The Hall–Kier alpha value is -2.73. The zero-order valence-corrected chi connectivity index (χ0v) is 18.7. The maximum absolute atomic E-state index is 12.7. The fraction of sp³-hybridized carbons (Fsp3) is 0.458. The molecule has 3 aromatic rings. The van der Waals surface area contributed by atoms with E-state index in [0.29, 0.717) is 11.7 Å². The van der Waals surface area contributed by atoms with E-state index in [2.05, 4.69) is 53.1 Å². The molecular weight excluding hydrogens is 374 g/mol. The molecule has 0 saturated carbocycles. The van der Waals surface area contributed by atoms with Crippen molar-refractivity contribution in [1.82, 2.24) is 19.4 Å². The quantitative estimate of drug-likeness (QED) is 0.564. The molecule has 1 N–H and O–H groups in total. The van der Waals surface area contributed by atoms with Crippen molar-refractivity contribution in [2.24, 2.45) is 18.9 Å². The van der Waals surface area contributed by atoms with E-state index in [4.69, 9.17) is 0 Å². The number of aryl methyl sites for hydroxylation is 1. The van der Waals surface area contributed by atoms with Gasteiger partial charge in [-0.3, -0.25) is 4.79 Å². The second-order valence-corrected chi connectivity index (χ2v) is 8.49. The average molecular weight is 408 g/mol. The van der Waals surface area contributed by atoms with Gasteiger partial charge in [-0.25, -0.2) is 9.97 Å². The first kappa shape index (κ1) is 22.0. The summed E-state index contributed by atoms with van der Waals surface area (Å²) in [7, 11) is 1.98. The van der Waals surface area contributed by atoms with Gasteiger partial charge >= 0.3 is 0 Å². The van der Waals surface area contributed by atoms with Gasteiger partial charge in [-0.2, -0.15) is 0 Å². The lowest BCUT2D eigenvalue weighted by atomic mass is 10.1. The van der Waals surface area contributed by atoms with Crippen LogP contribution in [-0.2, 0) is 11.8 Å². The van der Waals surface area contributed by atoms with Crippen molar-refractivity contribution in [3.8, 4) is 11.3 Å². The Balaban J connectivity index is 1.67. The van der Waals surface area contributed by atoms with Crippen LogP contribution in [-0.4, -0.2) is 45.0 Å². The number of nitrogens with zero attached hydrogens (tertiary/aromatic N) is 4. The molecule has 3 rings (SSSR count). The molecule has 2 heterocycles. The number of amides is 1. The number of hydrogen-bond acceptors (Lipinski definition) is 4. The minimum atomic E-state index is -0.0653. The van der Waals surface area contributed by atoms with Crippen LogP contribution < -0.4 is 5.32 Å². The normalized spacial score (nSPS) is 12.6. The molecule has 6 nitrogen and oxygen atoms in total. The predicted octanol–water partition coefficient (Wildman–Crippen LogP) is 4.58. The number of aromatic nitrogens is 3. The number of pyridine rings is 1. The highest BCUT2D eigenvalue weighted by atomic mass is 16.1. The number of carbonyl (C=O) groups excluding carboxylic acids is 1. The van der Waals surface area contributed by atoms with E-state index in [0.717, 1.165) is 48.1 Å². The molecule has 0 aliphatic rings. The third-order valence-corrected chi connectivity index (χ3v) is 5.48. The summed E-state index contributed by atoms with van der Waals surface area (Å²) in [5.74, 6) is 1.18. The van der Waals surface area contributed by atoms with Crippen LogP contribution in [0.1, 0.15) is 34.1 Å². The van der Waals surface area contributed by atoms with Crippen LogP contribution in [0.5, 0.6) is 0 Å². The van der Waals surface area contributed by atoms with Crippen molar-refractivity contribution >= 4 is 22.5 Å². The second-order valence-electron chi connectivity index (χ2n) is 8.49. The summed E-state index contributed by atoms with van der Waals surface area (Å²) in [6.07, 6.45) is 6.29. The van der Waals surface area contributed by atoms with Crippen molar-refractivity contribution in [1.29, 1.82) is 0 Å². The SMILES string of the molecule is CCN(CCC(C)C(=O)Nc1cc2cc(-c3cncn3C)ccc2cn1)CC(C)C. The minimum Gasteiger partial charge on any atom is -0.334 e. The van der Waals surface area contributed by atoms with Gasteiger partial charge in [-0.05, 0) is 42.9 Å². The summed E-state index contributed by atoms with van der Waals surface area (Å²) >= 11 is 0.